The molecule has 4 heteroatoms. The predicted molar refractivity (Wildman–Crippen MR) is 81.5 cm³/mol. The van der Waals surface area contributed by atoms with Crippen LogP contribution < -0.4 is 5.32 Å². The first kappa shape index (κ1) is 14.1. The van der Waals surface area contributed by atoms with Crippen molar-refractivity contribution in [3.63, 3.8) is 0 Å². The first-order valence-electron chi connectivity index (χ1n) is 8.05. The van der Waals surface area contributed by atoms with Crippen LogP contribution in [0.15, 0.2) is 12.4 Å². The van der Waals surface area contributed by atoms with Crippen molar-refractivity contribution in [2.24, 2.45) is 12.5 Å². The molecule has 0 radical (unpaired) electrons. The summed E-state index contributed by atoms with van der Waals surface area (Å²) in [5.41, 5.74) is 1.83. The Bertz CT molecular complexity index is 429. The number of aromatic nitrogens is 2. The smallest absolute Gasteiger partial charge is 0.0534 e. The molecule has 0 amide bonds. The third-order valence-corrected chi connectivity index (χ3v) is 4.82. The molecule has 2 aliphatic rings. The van der Waals surface area contributed by atoms with Crippen molar-refractivity contribution in [2.75, 3.05) is 20.1 Å². The van der Waals surface area contributed by atoms with Crippen molar-refractivity contribution >= 4 is 0 Å². The highest BCUT2D eigenvalue weighted by atomic mass is 15.2. The van der Waals surface area contributed by atoms with E-state index in [0.29, 0.717) is 5.41 Å². The predicted octanol–water partition coefficient (Wildman–Crippen LogP) is 2.16. The average molecular weight is 276 g/mol. The lowest BCUT2D eigenvalue weighted by Gasteiger charge is -2.34. The standard InChI is InChI=1S/C16H28N4/c1-19(10-14-9-18-20(2)11-14)13-16(7-3-4-8-16)12-17-15-5-6-15/h9,11,15,17H,3-8,10,12-13H2,1-2H3. The fraction of sp³-hybridized carbons (Fsp3) is 0.812. The number of hydrogen-bond acceptors (Lipinski definition) is 3. The summed E-state index contributed by atoms with van der Waals surface area (Å²) in [5, 5.41) is 8.03. The molecule has 0 spiro atoms. The Hall–Kier alpha value is -0.870. The van der Waals surface area contributed by atoms with Gasteiger partial charge in [0.25, 0.3) is 0 Å². The van der Waals surface area contributed by atoms with Crippen LogP contribution in [0.25, 0.3) is 0 Å². The molecule has 20 heavy (non-hydrogen) atoms. The Kier molecular flexibility index (Phi) is 4.13. The SMILES string of the molecule is CN(Cc1cnn(C)c1)CC1(CNC2CC2)CCCC1. The van der Waals surface area contributed by atoms with Gasteiger partial charge in [-0.05, 0) is 38.1 Å². The number of hydrogen-bond donors (Lipinski definition) is 1. The summed E-state index contributed by atoms with van der Waals surface area (Å²) in [6.07, 6.45) is 12.5. The molecule has 1 aromatic heterocycles. The molecular formula is C16H28N4. The van der Waals surface area contributed by atoms with Gasteiger partial charge < -0.3 is 10.2 Å². The quantitative estimate of drug-likeness (QED) is 0.828. The third-order valence-electron chi connectivity index (χ3n) is 4.82. The average Bonchev–Trinajstić information content (AvgIpc) is 3.00. The van der Waals surface area contributed by atoms with E-state index < -0.39 is 0 Å². The van der Waals surface area contributed by atoms with Crippen molar-refractivity contribution in [1.82, 2.24) is 20.0 Å². The molecule has 4 nitrogen and oxygen atoms in total. The van der Waals surface area contributed by atoms with Gasteiger partial charge in [0.15, 0.2) is 0 Å². The molecule has 2 fully saturated rings. The minimum atomic E-state index is 0.513. The Morgan fingerprint density at radius 2 is 2.15 bits per heavy atom. The van der Waals surface area contributed by atoms with E-state index in [4.69, 9.17) is 0 Å². The lowest BCUT2D eigenvalue weighted by Crippen LogP contribution is -2.41. The second-order valence-electron chi connectivity index (χ2n) is 7.06. The minimum absolute atomic E-state index is 0.513. The van der Waals surface area contributed by atoms with Crippen molar-refractivity contribution in [2.45, 2.75) is 51.1 Å². The van der Waals surface area contributed by atoms with Crippen LogP contribution in [-0.2, 0) is 13.6 Å². The molecule has 2 aliphatic carbocycles. The highest BCUT2D eigenvalue weighted by Gasteiger charge is 2.36. The van der Waals surface area contributed by atoms with Crippen molar-refractivity contribution in [3.8, 4) is 0 Å². The molecule has 0 aromatic carbocycles. The summed E-state index contributed by atoms with van der Waals surface area (Å²) in [5.74, 6) is 0. The maximum atomic E-state index is 4.26. The number of nitrogens with zero attached hydrogens (tertiary/aromatic N) is 3. The van der Waals surface area contributed by atoms with Crippen LogP contribution in [0.5, 0.6) is 0 Å². The zero-order chi connectivity index (χ0) is 14.0. The van der Waals surface area contributed by atoms with Gasteiger partial charge >= 0.3 is 0 Å². The monoisotopic (exact) mass is 276 g/mol. The summed E-state index contributed by atoms with van der Waals surface area (Å²) < 4.78 is 1.89. The summed E-state index contributed by atoms with van der Waals surface area (Å²) >= 11 is 0. The van der Waals surface area contributed by atoms with E-state index in [1.54, 1.807) is 0 Å². The topological polar surface area (TPSA) is 33.1 Å². The molecule has 0 saturated heterocycles. The molecule has 112 valence electrons. The van der Waals surface area contributed by atoms with E-state index in [9.17, 15) is 0 Å². The summed E-state index contributed by atoms with van der Waals surface area (Å²) in [6.45, 7) is 3.44. The van der Waals surface area contributed by atoms with E-state index in [1.165, 1.54) is 57.2 Å². The zero-order valence-electron chi connectivity index (χ0n) is 12.9. The molecule has 0 atom stereocenters. The second kappa shape index (κ2) is 5.86. The van der Waals surface area contributed by atoms with Crippen molar-refractivity contribution in [3.05, 3.63) is 18.0 Å². The molecular weight excluding hydrogens is 248 g/mol. The maximum Gasteiger partial charge on any atom is 0.0534 e. The fourth-order valence-corrected chi connectivity index (χ4v) is 3.66. The van der Waals surface area contributed by atoms with Crippen LogP contribution in [0, 0.1) is 5.41 Å². The van der Waals surface area contributed by atoms with Gasteiger partial charge in [0, 0.05) is 44.5 Å². The van der Waals surface area contributed by atoms with Crippen molar-refractivity contribution < 1.29 is 0 Å². The van der Waals surface area contributed by atoms with E-state index in [1.807, 2.05) is 17.9 Å². The molecule has 1 heterocycles. The van der Waals surface area contributed by atoms with E-state index in [0.717, 1.165) is 12.6 Å². The van der Waals surface area contributed by atoms with Crippen molar-refractivity contribution in [1.29, 1.82) is 0 Å². The molecule has 2 saturated carbocycles. The van der Waals surface area contributed by atoms with Gasteiger partial charge in [-0.25, -0.2) is 0 Å². The van der Waals surface area contributed by atoms with Gasteiger partial charge in [0.05, 0.1) is 6.20 Å². The van der Waals surface area contributed by atoms with Crippen LogP contribution in [0.3, 0.4) is 0 Å². The lowest BCUT2D eigenvalue weighted by atomic mass is 9.85. The number of nitrogens with one attached hydrogen (secondary N) is 1. The maximum absolute atomic E-state index is 4.26. The van der Waals surface area contributed by atoms with Gasteiger partial charge in [-0.1, -0.05) is 12.8 Å². The van der Waals surface area contributed by atoms with E-state index in [2.05, 4.69) is 28.6 Å². The highest BCUT2D eigenvalue weighted by molar-refractivity contribution is 5.03. The van der Waals surface area contributed by atoms with Crippen LogP contribution in [-0.4, -0.2) is 40.9 Å². The van der Waals surface area contributed by atoms with Gasteiger partial charge in [-0.3, -0.25) is 4.68 Å². The van der Waals surface area contributed by atoms with E-state index >= 15 is 0 Å². The van der Waals surface area contributed by atoms with Crippen LogP contribution in [0.1, 0.15) is 44.1 Å². The molecule has 1 N–H and O–H groups in total. The van der Waals surface area contributed by atoms with Crippen LogP contribution in [0.2, 0.25) is 0 Å². The lowest BCUT2D eigenvalue weighted by molar-refractivity contribution is 0.167. The first-order valence-corrected chi connectivity index (χ1v) is 8.05. The molecule has 0 unspecified atom stereocenters. The third kappa shape index (κ3) is 3.61. The number of rotatable bonds is 7. The highest BCUT2D eigenvalue weighted by Crippen LogP contribution is 2.39. The Balaban J connectivity index is 1.54. The summed E-state index contributed by atoms with van der Waals surface area (Å²) in [7, 11) is 4.24. The van der Waals surface area contributed by atoms with Gasteiger partial charge in [0.1, 0.15) is 0 Å². The van der Waals surface area contributed by atoms with Crippen LogP contribution in [0.4, 0.5) is 0 Å². The summed E-state index contributed by atoms with van der Waals surface area (Å²) in [6, 6.07) is 0.830. The van der Waals surface area contributed by atoms with E-state index in [-0.39, 0.29) is 0 Å². The number of aryl methyl sites for hydroxylation is 1. The van der Waals surface area contributed by atoms with Gasteiger partial charge in [-0.2, -0.15) is 5.10 Å². The molecule has 3 rings (SSSR count). The molecule has 0 aliphatic heterocycles. The Labute approximate surface area is 122 Å². The second-order valence-corrected chi connectivity index (χ2v) is 7.06. The van der Waals surface area contributed by atoms with Crippen LogP contribution >= 0.6 is 0 Å². The zero-order valence-corrected chi connectivity index (χ0v) is 12.9. The van der Waals surface area contributed by atoms with Gasteiger partial charge in [0.2, 0.25) is 0 Å². The fourth-order valence-electron chi connectivity index (χ4n) is 3.66. The Morgan fingerprint density at radius 3 is 2.75 bits per heavy atom. The first-order chi connectivity index (χ1) is 9.65. The normalized spacial score (nSPS) is 21.8. The minimum Gasteiger partial charge on any atom is -0.313 e. The molecule has 0 bridgehead atoms. The Morgan fingerprint density at radius 1 is 1.40 bits per heavy atom. The van der Waals surface area contributed by atoms with Gasteiger partial charge in [-0.15, -0.1) is 0 Å². The molecule has 1 aromatic rings. The summed E-state index contributed by atoms with van der Waals surface area (Å²) in [4.78, 5) is 2.48. The largest absolute Gasteiger partial charge is 0.313 e.